The van der Waals surface area contributed by atoms with Crippen molar-refractivity contribution in [3.05, 3.63) is 65.2 Å². The maximum Gasteiger partial charge on any atom is 0.255 e. The van der Waals surface area contributed by atoms with Crippen LogP contribution in [0.2, 0.25) is 0 Å². The monoisotopic (exact) mass is 405 g/mol. The lowest BCUT2D eigenvalue weighted by Crippen LogP contribution is -2.45. The third kappa shape index (κ3) is 4.66. The van der Waals surface area contributed by atoms with E-state index in [2.05, 4.69) is 16.3 Å². The van der Waals surface area contributed by atoms with Crippen molar-refractivity contribution in [2.45, 2.75) is 45.1 Å². The van der Waals surface area contributed by atoms with Gasteiger partial charge in [-0.15, -0.1) is 0 Å². The van der Waals surface area contributed by atoms with Crippen molar-refractivity contribution in [2.75, 3.05) is 31.1 Å². The Kier molecular flexibility index (Phi) is 6.36. The Balaban J connectivity index is 1.38. The Labute approximate surface area is 179 Å². The molecule has 2 heterocycles. The van der Waals surface area contributed by atoms with E-state index in [1.165, 1.54) is 6.42 Å². The minimum absolute atomic E-state index is 0.00544. The van der Waals surface area contributed by atoms with E-state index in [1.54, 1.807) is 0 Å². The van der Waals surface area contributed by atoms with Crippen LogP contribution in [0.5, 0.6) is 0 Å². The van der Waals surface area contributed by atoms with Crippen LogP contribution in [0.1, 0.15) is 58.4 Å². The zero-order chi connectivity index (χ0) is 20.9. The Bertz CT molecular complexity index is 880. The molecule has 2 amide bonds. The Morgan fingerprint density at radius 2 is 1.53 bits per heavy atom. The number of amides is 2. The van der Waals surface area contributed by atoms with Crippen molar-refractivity contribution in [3.63, 3.8) is 0 Å². The van der Waals surface area contributed by atoms with Crippen LogP contribution in [-0.4, -0.2) is 48.9 Å². The van der Waals surface area contributed by atoms with Gasteiger partial charge < -0.3 is 15.1 Å². The topological polar surface area (TPSA) is 52.7 Å². The summed E-state index contributed by atoms with van der Waals surface area (Å²) in [4.78, 5) is 29.9. The standard InChI is InChI=1S/C25H31N3O2/c1-19-9-11-20(12-10-19)24(29)26-21-13-17-27(18-14-21)23-8-4-3-7-22(23)25(30)28-15-5-2-6-16-28/h3-4,7-12,21H,2,5-6,13-18H2,1H3,(H,26,29). The van der Waals surface area contributed by atoms with Crippen LogP contribution in [0.15, 0.2) is 48.5 Å². The highest BCUT2D eigenvalue weighted by atomic mass is 16.2. The number of anilines is 1. The van der Waals surface area contributed by atoms with Crippen molar-refractivity contribution in [3.8, 4) is 0 Å². The minimum atomic E-state index is -0.00544. The summed E-state index contributed by atoms with van der Waals surface area (Å²) in [5.41, 5.74) is 3.69. The molecule has 158 valence electrons. The van der Waals surface area contributed by atoms with Crippen LogP contribution < -0.4 is 10.2 Å². The van der Waals surface area contributed by atoms with Crippen LogP contribution in [0, 0.1) is 6.92 Å². The molecular formula is C25H31N3O2. The summed E-state index contributed by atoms with van der Waals surface area (Å²) in [7, 11) is 0. The first-order chi connectivity index (χ1) is 14.6. The number of carbonyl (C=O) groups excluding carboxylic acids is 2. The molecule has 0 radical (unpaired) electrons. The molecule has 2 aromatic rings. The van der Waals surface area contributed by atoms with Crippen molar-refractivity contribution >= 4 is 17.5 Å². The number of hydrogen-bond donors (Lipinski definition) is 1. The fourth-order valence-electron chi connectivity index (χ4n) is 4.44. The molecular weight excluding hydrogens is 374 g/mol. The summed E-state index contributed by atoms with van der Waals surface area (Å²) in [6, 6.07) is 15.8. The molecule has 30 heavy (non-hydrogen) atoms. The molecule has 2 fully saturated rings. The maximum absolute atomic E-state index is 13.1. The fraction of sp³-hybridized carbons (Fsp3) is 0.440. The zero-order valence-corrected chi connectivity index (χ0v) is 17.8. The zero-order valence-electron chi connectivity index (χ0n) is 17.8. The number of rotatable bonds is 4. The molecule has 0 aliphatic carbocycles. The van der Waals surface area contributed by atoms with E-state index in [-0.39, 0.29) is 17.9 Å². The lowest BCUT2D eigenvalue weighted by molar-refractivity contribution is 0.0724. The molecule has 5 heteroatoms. The second-order valence-electron chi connectivity index (χ2n) is 8.47. The average Bonchev–Trinajstić information content (AvgIpc) is 2.80. The van der Waals surface area contributed by atoms with E-state index < -0.39 is 0 Å². The number of likely N-dealkylation sites (tertiary alicyclic amines) is 1. The molecule has 1 N–H and O–H groups in total. The van der Waals surface area contributed by atoms with Gasteiger partial charge in [0.25, 0.3) is 11.8 Å². The van der Waals surface area contributed by atoms with E-state index >= 15 is 0 Å². The van der Waals surface area contributed by atoms with Crippen LogP contribution in [-0.2, 0) is 0 Å². The molecule has 0 spiro atoms. The quantitative estimate of drug-likeness (QED) is 0.836. The van der Waals surface area contributed by atoms with Crippen LogP contribution >= 0.6 is 0 Å². The first-order valence-corrected chi connectivity index (χ1v) is 11.1. The smallest absolute Gasteiger partial charge is 0.255 e. The molecule has 4 rings (SSSR count). The number of piperidine rings is 2. The van der Waals surface area contributed by atoms with Crippen molar-refractivity contribution in [2.24, 2.45) is 0 Å². The molecule has 0 atom stereocenters. The van der Waals surface area contributed by atoms with E-state index in [4.69, 9.17) is 0 Å². The molecule has 0 bridgehead atoms. The number of benzene rings is 2. The third-order valence-electron chi connectivity index (χ3n) is 6.26. The summed E-state index contributed by atoms with van der Waals surface area (Å²) >= 11 is 0. The fourth-order valence-corrected chi connectivity index (χ4v) is 4.44. The molecule has 5 nitrogen and oxygen atoms in total. The van der Waals surface area contributed by atoms with Gasteiger partial charge in [-0.05, 0) is 63.3 Å². The largest absolute Gasteiger partial charge is 0.371 e. The first-order valence-electron chi connectivity index (χ1n) is 11.1. The van der Waals surface area contributed by atoms with E-state index in [9.17, 15) is 9.59 Å². The second-order valence-corrected chi connectivity index (χ2v) is 8.47. The predicted octanol–water partition coefficient (Wildman–Crippen LogP) is 4.02. The Hall–Kier alpha value is -2.82. The van der Waals surface area contributed by atoms with Crippen molar-refractivity contribution < 1.29 is 9.59 Å². The maximum atomic E-state index is 13.1. The number of carbonyl (C=O) groups is 2. The lowest BCUT2D eigenvalue weighted by atomic mass is 10.0. The summed E-state index contributed by atoms with van der Waals surface area (Å²) in [6.45, 7) is 5.41. The normalized spacial score (nSPS) is 17.6. The highest BCUT2D eigenvalue weighted by Gasteiger charge is 2.26. The first kappa shape index (κ1) is 20.5. The molecule has 0 aromatic heterocycles. The SMILES string of the molecule is Cc1ccc(C(=O)NC2CCN(c3ccccc3C(=O)N3CCCCC3)CC2)cc1. The van der Waals surface area contributed by atoms with Gasteiger partial charge in [0, 0.05) is 43.5 Å². The number of para-hydroxylation sites is 1. The Morgan fingerprint density at radius 3 is 2.23 bits per heavy atom. The summed E-state index contributed by atoms with van der Waals surface area (Å²) in [5, 5.41) is 3.17. The third-order valence-corrected chi connectivity index (χ3v) is 6.26. The van der Waals surface area contributed by atoms with E-state index in [0.29, 0.717) is 5.56 Å². The average molecular weight is 406 g/mol. The summed E-state index contributed by atoms with van der Waals surface area (Å²) < 4.78 is 0. The summed E-state index contributed by atoms with van der Waals surface area (Å²) in [6.07, 6.45) is 5.17. The highest BCUT2D eigenvalue weighted by Crippen LogP contribution is 2.26. The van der Waals surface area contributed by atoms with Crippen LogP contribution in [0.4, 0.5) is 5.69 Å². The van der Waals surface area contributed by atoms with Gasteiger partial charge in [-0.2, -0.15) is 0 Å². The second kappa shape index (κ2) is 9.33. The van der Waals surface area contributed by atoms with Gasteiger partial charge in [0.2, 0.25) is 0 Å². The van der Waals surface area contributed by atoms with Crippen LogP contribution in [0.25, 0.3) is 0 Å². The molecule has 2 saturated heterocycles. The van der Waals surface area contributed by atoms with Gasteiger partial charge in [0.05, 0.1) is 5.56 Å². The number of nitrogens with one attached hydrogen (secondary N) is 1. The predicted molar refractivity (Wildman–Crippen MR) is 120 cm³/mol. The molecule has 0 unspecified atom stereocenters. The molecule has 2 aliphatic rings. The van der Waals surface area contributed by atoms with Gasteiger partial charge in [-0.1, -0.05) is 29.8 Å². The van der Waals surface area contributed by atoms with E-state index in [0.717, 1.165) is 68.7 Å². The van der Waals surface area contributed by atoms with Crippen molar-refractivity contribution in [1.29, 1.82) is 0 Å². The highest BCUT2D eigenvalue weighted by molar-refractivity contribution is 6.00. The molecule has 0 saturated carbocycles. The number of hydrogen-bond acceptors (Lipinski definition) is 3. The van der Waals surface area contributed by atoms with Gasteiger partial charge in [0.1, 0.15) is 0 Å². The van der Waals surface area contributed by atoms with Crippen molar-refractivity contribution in [1.82, 2.24) is 10.2 Å². The van der Waals surface area contributed by atoms with Gasteiger partial charge in [-0.3, -0.25) is 9.59 Å². The number of nitrogens with zero attached hydrogens (tertiary/aromatic N) is 2. The van der Waals surface area contributed by atoms with Gasteiger partial charge >= 0.3 is 0 Å². The molecule has 2 aliphatic heterocycles. The lowest BCUT2D eigenvalue weighted by Gasteiger charge is -2.36. The van der Waals surface area contributed by atoms with Gasteiger partial charge in [-0.25, -0.2) is 0 Å². The van der Waals surface area contributed by atoms with E-state index in [1.807, 2.05) is 54.3 Å². The summed E-state index contributed by atoms with van der Waals surface area (Å²) in [5.74, 6) is 0.147. The molecule has 2 aromatic carbocycles. The Morgan fingerprint density at radius 1 is 0.867 bits per heavy atom. The van der Waals surface area contributed by atoms with Crippen LogP contribution in [0.3, 0.4) is 0 Å². The number of aryl methyl sites for hydroxylation is 1. The van der Waals surface area contributed by atoms with Gasteiger partial charge in [0.15, 0.2) is 0 Å². The minimum Gasteiger partial charge on any atom is -0.371 e.